The molecule has 1 heterocycles. The predicted molar refractivity (Wildman–Crippen MR) is 121 cm³/mol. The fraction of sp³-hybridized carbons (Fsp3) is 0.652. The molecule has 0 aromatic heterocycles. The summed E-state index contributed by atoms with van der Waals surface area (Å²) in [6.45, 7) is 0.775. The number of sulfonamides is 1. The lowest BCUT2D eigenvalue weighted by Gasteiger charge is -2.57. The van der Waals surface area contributed by atoms with Crippen molar-refractivity contribution < 1.29 is 26.3 Å². The molecule has 4 aliphatic carbocycles. The van der Waals surface area contributed by atoms with Gasteiger partial charge in [-0.15, -0.1) is 17.6 Å². The predicted octanol–water partition coefficient (Wildman–Crippen LogP) is 4.36. The Hall–Kier alpha value is -2.30. The number of guanidine groups is 1. The van der Waals surface area contributed by atoms with Gasteiger partial charge in [0, 0.05) is 18.5 Å². The number of benzene rings is 1. The van der Waals surface area contributed by atoms with Crippen molar-refractivity contribution >= 4 is 21.8 Å². The molecule has 34 heavy (non-hydrogen) atoms. The van der Waals surface area contributed by atoms with E-state index in [1.807, 2.05) is 0 Å². The number of nitrogens with zero attached hydrogens (tertiary/aromatic N) is 2. The summed E-state index contributed by atoms with van der Waals surface area (Å²) in [5.74, 6) is 2.22. The van der Waals surface area contributed by atoms with E-state index in [-0.39, 0.29) is 16.4 Å². The van der Waals surface area contributed by atoms with Crippen LogP contribution in [0.1, 0.15) is 57.8 Å². The SMILES string of the molecule is O=S(=O)(N=C(/N=C1\CCCCN1)NC12CC3CC(CC(C3)C1)C2)c1ccc(OC(F)(F)F)cc1. The zero-order valence-electron chi connectivity index (χ0n) is 18.8. The van der Waals surface area contributed by atoms with E-state index < -0.39 is 22.1 Å². The zero-order chi connectivity index (χ0) is 24.0. The second-order valence-electron chi connectivity index (χ2n) is 10.2. The first-order chi connectivity index (χ1) is 16.1. The van der Waals surface area contributed by atoms with Gasteiger partial charge in [-0.1, -0.05) is 0 Å². The first-order valence-corrected chi connectivity index (χ1v) is 13.3. The monoisotopic (exact) mass is 498 g/mol. The molecule has 5 aliphatic rings. The van der Waals surface area contributed by atoms with E-state index in [9.17, 15) is 21.6 Å². The lowest BCUT2D eigenvalue weighted by molar-refractivity contribution is -0.274. The van der Waals surface area contributed by atoms with E-state index in [1.54, 1.807) is 0 Å². The van der Waals surface area contributed by atoms with Crippen LogP contribution in [0.5, 0.6) is 5.75 Å². The minimum absolute atomic E-state index is 0.0574. The number of ether oxygens (including phenoxy) is 1. The van der Waals surface area contributed by atoms with Crippen LogP contribution in [0, 0.1) is 17.8 Å². The third-order valence-electron chi connectivity index (χ3n) is 7.39. The second kappa shape index (κ2) is 8.73. The van der Waals surface area contributed by atoms with E-state index in [4.69, 9.17) is 0 Å². The van der Waals surface area contributed by atoms with Gasteiger partial charge in [-0.25, -0.2) is 0 Å². The molecule has 186 valence electrons. The van der Waals surface area contributed by atoms with Crippen LogP contribution in [0.2, 0.25) is 0 Å². The summed E-state index contributed by atoms with van der Waals surface area (Å²) >= 11 is 0. The Morgan fingerprint density at radius 3 is 2.18 bits per heavy atom. The van der Waals surface area contributed by atoms with Crippen LogP contribution in [0.15, 0.2) is 38.6 Å². The van der Waals surface area contributed by atoms with E-state index in [0.717, 1.165) is 62.9 Å². The third-order valence-corrected chi connectivity index (χ3v) is 8.67. The number of halogens is 3. The Bertz CT molecular complexity index is 1040. The van der Waals surface area contributed by atoms with Gasteiger partial charge in [0.05, 0.1) is 4.90 Å². The Kier molecular flexibility index (Phi) is 6.02. The molecule has 1 aromatic carbocycles. The van der Waals surface area contributed by atoms with Crippen molar-refractivity contribution in [2.75, 3.05) is 6.54 Å². The van der Waals surface area contributed by atoms with Crippen molar-refractivity contribution in [1.82, 2.24) is 10.6 Å². The first kappa shape index (κ1) is 23.4. The lowest BCUT2D eigenvalue weighted by atomic mass is 9.53. The molecule has 6 rings (SSSR count). The number of piperidine rings is 1. The van der Waals surface area contributed by atoms with Crippen molar-refractivity contribution in [3.8, 4) is 5.75 Å². The van der Waals surface area contributed by atoms with Crippen LogP contribution < -0.4 is 15.4 Å². The van der Waals surface area contributed by atoms with Crippen molar-refractivity contribution in [3.05, 3.63) is 24.3 Å². The summed E-state index contributed by atoms with van der Waals surface area (Å²) in [6, 6.07) is 4.07. The normalized spacial score (nSPS) is 32.5. The Balaban J connectivity index is 1.43. The summed E-state index contributed by atoms with van der Waals surface area (Å²) in [4.78, 5) is 4.36. The molecule has 11 heteroatoms. The van der Waals surface area contributed by atoms with Crippen LogP contribution in [0.4, 0.5) is 13.2 Å². The maximum absolute atomic E-state index is 13.1. The molecule has 0 unspecified atom stereocenters. The van der Waals surface area contributed by atoms with Crippen molar-refractivity contribution in [1.29, 1.82) is 0 Å². The van der Waals surface area contributed by atoms with Crippen molar-refractivity contribution in [2.45, 2.75) is 74.6 Å². The van der Waals surface area contributed by atoms with Gasteiger partial charge in [0.25, 0.3) is 10.0 Å². The van der Waals surface area contributed by atoms with Gasteiger partial charge < -0.3 is 15.4 Å². The maximum Gasteiger partial charge on any atom is 0.573 e. The minimum Gasteiger partial charge on any atom is -0.406 e. The van der Waals surface area contributed by atoms with Gasteiger partial charge >= 0.3 is 6.36 Å². The van der Waals surface area contributed by atoms with Crippen molar-refractivity contribution in [3.63, 3.8) is 0 Å². The minimum atomic E-state index is -4.85. The number of nitrogens with one attached hydrogen (secondary N) is 2. The standard InChI is InChI=1S/C23H29F3N4O3S/c24-23(25,26)33-18-4-6-19(7-5-18)34(31,32)30-21(28-20-3-1-2-8-27-20)29-22-12-15-9-16(13-22)11-17(10-15)14-22/h4-7,15-17H,1-3,8-14H2,(H2,27,28,29,30). The third kappa shape index (κ3) is 5.34. The highest BCUT2D eigenvalue weighted by atomic mass is 32.2. The number of alkyl halides is 3. The van der Waals surface area contributed by atoms with E-state index in [2.05, 4.69) is 24.8 Å². The Morgan fingerprint density at radius 2 is 1.65 bits per heavy atom. The molecular weight excluding hydrogens is 469 g/mol. The van der Waals surface area contributed by atoms with Crippen molar-refractivity contribution in [2.24, 2.45) is 27.1 Å². The van der Waals surface area contributed by atoms with Crippen LogP contribution in [0.25, 0.3) is 0 Å². The van der Waals surface area contributed by atoms with Crippen LogP contribution in [-0.2, 0) is 10.0 Å². The van der Waals surface area contributed by atoms with E-state index in [0.29, 0.717) is 30.0 Å². The molecular formula is C23H29F3N4O3S. The summed E-state index contributed by atoms with van der Waals surface area (Å²) in [7, 11) is -4.20. The molecule has 0 spiro atoms. The highest BCUT2D eigenvalue weighted by molar-refractivity contribution is 7.90. The second-order valence-corrected chi connectivity index (χ2v) is 11.8. The number of aliphatic imine (C=N–C) groups is 1. The molecule has 1 aromatic rings. The van der Waals surface area contributed by atoms with Gasteiger partial charge in [0.15, 0.2) is 0 Å². The fourth-order valence-corrected chi connectivity index (χ4v) is 7.41. The van der Waals surface area contributed by atoms with Gasteiger partial charge in [-0.2, -0.15) is 13.4 Å². The lowest BCUT2D eigenvalue weighted by Crippen LogP contribution is -2.59. The average Bonchev–Trinajstić information content (AvgIpc) is 2.72. The summed E-state index contributed by atoms with van der Waals surface area (Å²) < 4.78 is 71.4. The number of hydrogen-bond donors (Lipinski definition) is 2. The summed E-state index contributed by atoms with van der Waals surface area (Å²) in [5, 5.41) is 6.67. The topological polar surface area (TPSA) is 92.2 Å². The van der Waals surface area contributed by atoms with Crippen LogP contribution in [-0.4, -0.2) is 38.7 Å². The molecule has 4 bridgehead atoms. The molecule has 4 saturated carbocycles. The highest BCUT2D eigenvalue weighted by Crippen LogP contribution is 2.55. The maximum atomic E-state index is 13.1. The molecule has 2 N–H and O–H groups in total. The number of rotatable bonds is 4. The van der Waals surface area contributed by atoms with Crippen LogP contribution >= 0.6 is 0 Å². The Morgan fingerprint density at radius 1 is 1.03 bits per heavy atom. The molecule has 5 fully saturated rings. The molecule has 7 nitrogen and oxygen atoms in total. The number of hydrogen-bond acceptors (Lipinski definition) is 3. The Labute approximate surface area is 197 Å². The van der Waals surface area contributed by atoms with E-state index in [1.165, 1.54) is 19.3 Å². The average molecular weight is 499 g/mol. The summed E-state index contributed by atoms with van der Waals surface area (Å²) in [5.41, 5.74) is -0.202. The van der Waals surface area contributed by atoms with Gasteiger partial charge in [0.1, 0.15) is 11.6 Å². The molecule has 0 radical (unpaired) electrons. The smallest absolute Gasteiger partial charge is 0.406 e. The van der Waals surface area contributed by atoms with Gasteiger partial charge in [0.2, 0.25) is 5.96 Å². The quantitative estimate of drug-likeness (QED) is 0.475. The molecule has 0 atom stereocenters. The molecule has 1 saturated heterocycles. The highest BCUT2D eigenvalue weighted by Gasteiger charge is 2.51. The largest absolute Gasteiger partial charge is 0.573 e. The van der Waals surface area contributed by atoms with Crippen LogP contribution in [0.3, 0.4) is 0 Å². The first-order valence-electron chi connectivity index (χ1n) is 11.9. The zero-order valence-corrected chi connectivity index (χ0v) is 19.6. The molecule has 1 aliphatic heterocycles. The molecule has 0 amide bonds. The van der Waals surface area contributed by atoms with Gasteiger partial charge in [-0.3, -0.25) is 0 Å². The summed E-state index contributed by atoms with van der Waals surface area (Å²) in [6.07, 6.45) is 4.54. The fourth-order valence-electron chi connectivity index (χ4n) is 6.51. The number of amidine groups is 1. The van der Waals surface area contributed by atoms with E-state index >= 15 is 0 Å². The van der Waals surface area contributed by atoms with Gasteiger partial charge in [-0.05, 0) is 93.4 Å².